The minimum atomic E-state index is -0.611. The van der Waals surface area contributed by atoms with Crippen LogP contribution in [0.15, 0.2) is 0 Å². The monoisotopic (exact) mass is 486 g/mol. The number of aliphatic hydroxyl groups is 3. The molecule has 4 unspecified atom stereocenters. The largest absolute Gasteiger partial charge is 0.395 e. The molecule has 0 saturated heterocycles. The molecule has 0 bridgehead atoms. The van der Waals surface area contributed by atoms with E-state index in [1.54, 1.807) is 0 Å². The summed E-state index contributed by atoms with van der Waals surface area (Å²) in [5, 5.41) is 28.3. The van der Waals surface area contributed by atoms with Crippen molar-refractivity contribution in [1.82, 2.24) is 0 Å². The molecule has 7 N–H and O–H groups in total. The second-order valence-electron chi connectivity index (χ2n) is 10.5. The zero-order chi connectivity index (χ0) is 25.4. The van der Waals surface area contributed by atoms with E-state index < -0.39 is 12.1 Å². The lowest BCUT2D eigenvalue weighted by molar-refractivity contribution is -0.119. The maximum Gasteiger partial charge on any atom is 0.132 e. The highest BCUT2D eigenvalue weighted by molar-refractivity contribution is 5.78. The predicted octanol–water partition coefficient (Wildman–Crippen LogP) is 5.14. The zero-order valence-electron chi connectivity index (χ0n) is 22.3. The lowest BCUT2D eigenvalue weighted by atomic mass is 10.0. The normalized spacial score (nSPS) is 15.2. The van der Waals surface area contributed by atoms with Gasteiger partial charge in [-0.15, -0.1) is 0 Å². The highest BCUT2D eigenvalue weighted by Crippen LogP contribution is 2.15. The Labute approximate surface area is 210 Å². The Bertz CT molecular complexity index is 448. The summed E-state index contributed by atoms with van der Waals surface area (Å²) in [5.74, 6) is 0.413. The van der Waals surface area contributed by atoms with Gasteiger partial charge in [0.25, 0.3) is 0 Å². The van der Waals surface area contributed by atoms with Crippen molar-refractivity contribution in [2.24, 2.45) is 11.5 Å². The molecule has 0 fully saturated rings. The molecule has 0 aromatic heterocycles. The SMILES string of the molecule is CC(N)C(O)CCCCCCCCCCCCCCC(=O)CCCCCCCC(O)C(N)CO. The van der Waals surface area contributed by atoms with Crippen LogP contribution in [0.25, 0.3) is 0 Å². The molecule has 204 valence electrons. The fourth-order valence-electron chi connectivity index (χ4n) is 4.37. The van der Waals surface area contributed by atoms with E-state index in [9.17, 15) is 15.0 Å². The molecule has 0 heterocycles. The molecule has 0 radical (unpaired) electrons. The van der Waals surface area contributed by atoms with Crippen LogP contribution in [-0.4, -0.2) is 52.0 Å². The molecule has 4 atom stereocenters. The van der Waals surface area contributed by atoms with E-state index in [0.29, 0.717) is 18.6 Å². The molecule has 0 spiro atoms. The zero-order valence-corrected chi connectivity index (χ0v) is 22.3. The van der Waals surface area contributed by atoms with Crippen LogP contribution >= 0.6 is 0 Å². The minimum Gasteiger partial charge on any atom is -0.395 e. The average molecular weight is 487 g/mol. The van der Waals surface area contributed by atoms with Crippen molar-refractivity contribution in [3.8, 4) is 0 Å². The van der Waals surface area contributed by atoms with Crippen molar-refractivity contribution in [3.63, 3.8) is 0 Å². The van der Waals surface area contributed by atoms with Gasteiger partial charge in [0.2, 0.25) is 0 Å². The molecule has 0 aliphatic heterocycles. The van der Waals surface area contributed by atoms with Gasteiger partial charge in [-0.3, -0.25) is 4.79 Å². The van der Waals surface area contributed by atoms with Gasteiger partial charge >= 0.3 is 0 Å². The minimum absolute atomic E-state index is 0.112. The van der Waals surface area contributed by atoms with Crippen molar-refractivity contribution < 1.29 is 20.1 Å². The van der Waals surface area contributed by atoms with E-state index in [-0.39, 0.29) is 18.8 Å². The summed E-state index contributed by atoms with van der Waals surface area (Å²) in [7, 11) is 0. The maximum absolute atomic E-state index is 12.0. The number of carbonyl (C=O) groups excluding carboxylic acids is 1. The van der Waals surface area contributed by atoms with Gasteiger partial charge in [0.15, 0.2) is 0 Å². The third kappa shape index (κ3) is 22.0. The predicted molar refractivity (Wildman–Crippen MR) is 143 cm³/mol. The van der Waals surface area contributed by atoms with Gasteiger partial charge in [-0.1, -0.05) is 96.3 Å². The van der Waals surface area contributed by atoms with Crippen LogP contribution in [-0.2, 0) is 4.79 Å². The molecule has 0 saturated carbocycles. The Balaban J connectivity index is 3.26. The summed E-state index contributed by atoms with van der Waals surface area (Å²) in [5.41, 5.74) is 11.3. The molecule has 0 aromatic carbocycles. The molecule has 0 aliphatic rings. The highest BCUT2D eigenvalue weighted by atomic mass is 16.3. The summed E-state index contributed by atoms with van der Waals surface area (Å²) < 4.78 is 0. The first-order valence-electron chi connectivity index (χ1n) is 14.4. The fraction of sp³-hybridized carbons (Fsp3) is 0.964. The van der Waals surface area contributed by atoms with Crippen LogP contribution in [0.3, 0.4) is 0 Å². The maximum atomic E-state index is 12.0. The van der Waals surface area contributed by atoms with Crippen molar-refractivity contribution >= 4 is 5.78 Å². The van der Waals surface area contributed by atoms with E-state index in [1.165, 1.54) is 64.2 Å². The van der Waals surface area contributed by atoms with Crippen LogP contribution in [0.2, 0.25) is 0 Å². The first kappa shape index (κ1) is 33.5. The van der Waals surface area contributed by atoms with Gasteiger partial charge < -0.3 is 26.8 Å². The van der Waals surface area contributed by atoms with Gasteiger partial charge in [-0.2, -0.15) is 0 Å². The van der Waals surface area contributed by atoms with Crippen molar-refractivity contribution in [1.29, 1.82) is 0 Å². The van der Waals surface area contributed by atoms with Crippen molar-refractivity contribution in [2.45, 2.75) is 166 Å². The average Bonchev–Trinajstić information content (AvgIpc) is 2.82. The Morgan fingerprint density at radius 3 is 1.26 bits per heavy atom. The number of aliphatic hydroxyl groups excluding tert-OH is 3. The summed E-state index contributed by atoms with van der Waals surface area (Å²) in [4.78, 5) is 12.0. The van der Waals surface area contributed by atoms with Gasteiger partial charge in [0.1, 0.15) is 5.78 Å². The lowest BCUT2D eigenvalue weighted by Gasteiger charge is -2.15. The second kappa shape index (κ2) is 24.2. The van der Waals surface area contributed by atoms with Crippen LogP contribution < -0.4 is 11.5 Å². The number of nitrogens with two attached hydrogens (primary N) is 2. The number of carbonyl (C=O) groups is 1. The Kier molecular flexibility index (Phi) is 23.8. The third-order valence-corrected chi connectivity index (χ3v) is 6.97. The standard InChI is InChI=1S/C28H58N2O4/c1-24(29)27(33)21-17-13-9-7-5-3-2-4-6-8-11-15-19-25(32)20-16-12-10-14-18-22-28(34)26(30)23-31/h24,26-28,31,33-34H,2-23,29-30H2,1H3. The van der Waals surface area contributed by atoms with Crippen LogP contribution in [0.1, 0.15) is 142 Å². The van der Waals surface area contributed by atoms with Crippen molar-refractivity contribution in [2.75, 3.05) is 6.61 Å². The first-order valence-corrected chi connectivity index (χ1v) is 14.4. The first-order chi connectivity index (χ1) is 16.4. The van der Waals surface area contributed by atoms with Gasteiger partial charge in [-0.25, -0.2) is 0 Å². The topological polar surface area (TPSA) is 130 Å². The number of hydrogen-bond acceptors (Lipinski definition) is 6. The number of unbranched alkanes of at least 4 members (excludes halogenated alkanes) is 15. The van der Waals surface area contributed by atoms with E-state index >= 15 is 0 Å². The Morgan fingerprint density at radius 1 is 0.588 bits per heavy atom. The third-order valence-electron chi connectivity index (χ3n) is 6.97. The molecule has 6 nitrogen and oxygen atoms in total. The number of Topliss-reactive ketones (excluding diaryl/α,β-unsaturated/α-hetero) is 1. The smallest absolute Gasteiger partial charge is 0.132 e. The summed E-state index contributed by atoms with van der Waals surface area (Å²) in [6.45, 7) is 1.69. The summed E-state index contributed by atoms with van der Waals surface area (Å²) in [6, 6.07) is -0.643. The molecular weight excluding hydrogens is 428 g/mol. The molecule has 0 aliphatic carbocycles. The quantitative estimate of drug-likeness (QED) is 0.108. The summed E-state index contributed by atoms with van der Waals surface area (Å²) >= 11 is 0. The van der Waals surface area contributed by atoms with E-state index in [0.717, 1.165) is 57.8 Å². The highest BCUT2D eigenvalue weighted by Gasteiger charge is 2.12. The molecular formula is C28H58N2O4. The van der Waals surface area contributed by atoms with E-state index in [1.807, 2.05) is 6.92 Å². The number of hydrogen-bond donors (Lipinski definition) is 5. The summed E-state index contributed by atoms with van der Waals surface area (Å²) in [6.07, 6.45) is 22.0. The molecule has 0 rings (SSSR count). The van der Waals surface area contributed by atoms with Gasteiger partial charge in [-0.05, 0) is 32.6 Å². The molecule has 0 amide bonds. The lowest BCUT2D eigenvalue weighted by Crippen LogP contribution is -2.37. The van der Waals surface area contributed by atoms with Gasteiger partial charge in [0.05, 0.1) is 24.9 Å². The van der Waals surface area contributed by atoms with E-state index in [4.69, 9.17) is 16.6 Å². The van der Waals surface area contributed by atoms with Crippen LogP contribution in [0.5, 0.6) is 0 Å². The molecule has 6 heteroatoms. The number of ketones is 1. The van der Waals surface area contributed by atoms with Crippen molar-refractivity contribution in [3.05, 3.63) is 0 Å². The van der Waals surface area contributed by atoms with Crippen LogP contribution in [0, 0.1) is 0 Å². The number of rotatable bonds is 26. The van der Waals surface area contributed by atoms with Crippen LogP contribution in [0.4, 0.5) is 0 Å². The van der Waals surface area contributed by atoms with Gasteiger partial charge in [0, 0.05) is 18.9 Å². The second-order valence-corrected chi connectivity index (χ2v) is 10.5. The Morgan fingerprint density at radius 2 is 0.912 bits per heavy atom. The molecule has 0 aromatic rings. The molecule has 34 heavy (non-hydrogen) atoms. The Hall–Kier alpha value is -0.530. The fourth-order valence-corrected chi connectivity index (χ4v) is 4.37. The van der Waals surface area contributed by atoms with E-state index in [2.05, 4.69) is 0 Å².